The average Bonchev–Trinajstić information content (AvgIpc) is 2.78. The maximum atomic E-state index is 12.6. The number of hydrogen-bond acceptors (Lipinski definition) is 7. The molecular weight excluding hydrogens is 366 g/mol. The first-order valence-corrected chi connectivity index (χ1v) is 9.63. The molecule has 0 saturated carbocycles. The van der Waals surface area contributed by atoms with Crippen LogP contribution in [0.1, 0.15) is 21.7 Å². The predicted octanol–water partition coefficient (Wildman–Crippen LogP) is 1.83. The molecule has 1 fully saturated rings. The number of hydrogen-bond donors (Lipinski definition) is 1. The van der Waals surface area contributed by atoms with Gasteiger partial charge in [0.05, 0.1) is 0 Å². The van der Waals surface area contributed by atoms with Gasteiger partial charge in [0.1, 0.15) is 11.5 Å². The lowest BCUT2D eigenvalue weighted by Crippen LogP contribution is -2.47. The van der Waals surface area contributed by atoms with Gasteiger partial charge in [-0.15, -0.1) is 0 Å². The smallest absolute Gasteiger partial charge is 0.270 e. The summed E-state index contributed by atoms with van der Waals surface area (Å²) in [7, 11) is 0. The van der Waals surface area contributed by atoms with Crippen LogP contribution in [0.25, 0.3) is 0 Å². The van der Waals surface area contributed by atoms with Crippen LogP contribution in [0.2, 0.25) is 0 Å². The maximum Gasteiger partial charge on any atom is 0.270 e. The molecule has 1 aliphatic rings. The first-order chi connectivity index (χ1) is 14.2. The number of rotatable bonds is 5. The van der Waals surface area contributed by atoms with E-state index < -0.39 is 0 Å². The van der Waals surface area contributed by atoms with E-state index in [2.05, 4.69) is 35.1 Å². The van der Waals surface area contributed by atoms with Crippen LogP contribution in [0.15, 0.2) is 55.0 Å². The molecule has 3 aromatic heterocycles. The molecule has 1 N–H and O–H groups in total. The van der Waals surface area contributed by atoms with Gasteiger partial charge < -0.3 is 15.1 Å². The molecule has 3 aromatic rings. The zero-order valence-corrected chi connectivity index (χ0v) is 16.3. The summed E-state index contributed by atoms with van der Waals surface area (Å²) in [4.78, 5) is 34.5. The van der Waals surface area contributed by atoms with Gasteiger partial charge in [0.2, 0.25) is 5.95 Å². The van der Waals surface area contributed by atoms with Crippen LogP contribution < -0.4 is 15.1 Å². The van der Waals surface area contributed by atoms with Crippen LogP contribution in [0.3, 0.4) is 0 Å². The molecule has 0 unspecified atom stereocenters. The second-order valence-corrected chi connectivity index (χ2v) is 6.90. The monoisotopic (exact) mass is 389 g/mol. The van der Waals surface area contributed by atoms with Gasteiger partial charge in [0.25, 0.3) is 5.91 Å². The van der Waals surface area contributed by atoms with Gasteiger partial charge >= 0.3 is 0 Å². The third-order valence-electron chi connectivity index (χ3n) is 4.79. The predicted molar refractivity (Wildman–Crippen MR) is 111 cm³/mol. The number of aromatic nitrogens is 4. The molecule has 148 valence electrons. The Kier molecular flexibility index (Phi) is 5.60. The second-order valence-electron chi connectivity index (χ2n) is 6.90. The highest BCUT2D eigenvalue weighted by atomic mass is 16.1. The van der Waals surface area contributed by atoms with Crippen molar-refractivity contribution < 1.29 is 4.79 Å². The van der Waals surface area contributed by atoms with Crippen molar-refractivity contribution in [3.63, 3.8) is 0 Å². The highest BCUT2D eigenvalue weighted by Crippen LogP contribution is 2.17. The summed E-state index contributed by atoms with van der Waals surface area (Å²) >= 11 is 0. The van der Waals surface area contributed by atoms with E-state index in [0.717, 1.165) is 43.3 Å². The minimum atomic E-state index is -0.215. The highest BCUT2D eigenvalue weighted by Gasteiger charge is 2.21. The van der Waals surface area contributed by atoms with Gasteiger partial charge in [0, 0.05) is 57.0 Å². The van der Waals surface area contributed by atoms with Gasteiger partial charge in [-0.05, 0) is 36.8 Å². The number of amides is 1. The van der Waals surface area contributed by atoms with Crippen LogP contribution in [0.5, 0.6) is 0 Å². The van der Waals surface area contributed by atoms with E-state index >= 15 is 0 Å². The van der Waals surface area contributed by atoms with Crippen molar-refractivity contribution in [3.8, 4) is 0 Å². The molecule has 29 heavy (non-hydrogen) atoms. The summed E-state index contributed by atoms with van der Waals surface area (Å²) in [5.41, 5.74) is 2.09. The van der Waals surface area contributed by atoms with Gasteiger partial charge in [0.15, 0.2) is 0 Å². The van der Waals surface area contributed by atoms with Crippen molar-refractivity contribution in [2.45, 2.75) is 13.5 Å². The molecule has 1 amide bonds. The molecule has 0 aromatic carbocycles. The fourth-order valence-corrected chi connectivity index (χ4v) is 3.26. The molecule has 8 heteroatoms. The van der Waals surface area contributed by atoms with Crippen molar-refractivity contribution in [2.75, 3.05) is 36.0 Å². The number of nitrogens with zero attached hydrogens (tertiary/aromatic N) is 6. The van der Waals surface area contributed by atoms with Crippen LogP contribution >= 0.6 is 0 Å². The SMILES string of the molecule is Cc1cc(C(=O)NCc2cccnc2)nc(N2CCN(c3ccccn3)CC2)n1. The minimum absolute atomic E-state index is 0.215. The minimum Gasteiger partial charge on any atom is -0.353 e. The summed E-state index contributed by atoms with van der Waals surface area (Å²) in [6.07, 6.45) is 5.25. The Hall–Kier alpha value is -3.55. The van der Waals surface area contributed by atoms with Crippen LogP contribution in [-0.4, -0.2) is 52.0 Å². The summed E-state index contributed by atoms with van der Waals surface area (Å²) in [6, 6.07) is 11.4. The molecule has 4 rings (SSSR count). The van der Waals surface area contributed by atoms with E-state index in [1.54, 1.807) is 18.5 Å². The molecular formula is C21H23N7O. The Morgan fingerprint density at radius 3 is 2.59 bits per heavy atom. The number of nitrogens with one attached hydrogen (secondary N) is 1. The van der Waals surface area contributed by atoms with Gasteiger partial charge in [-0.25, -0.2) is 15.0 Å². The Morgan fingerprint density at radius 1 is 1.03 bits per heavy atom. The Morgan fingerprint density at radius 2 is 1.86 bits per heavy atom. The Balaban J connectivity index is 1.41. The van der Waals surface area contributed by atoms with E-state index in [1.165, 1.54) is 0 Å². The fourth-order valence-electron chi connectivity index (χ4n) is 3.26. The second kappa shape index (κ2) is 8.64. The number of pyridine rings is 2. The topological polar surface area (TPSA) is 87.1 Å². The first-order valence-electron chi connectivity index (χ1n) is 9.63. The number of carbonyl (C=O) groups is 1. The number of anilines is 2. The first kappa shape index (κ1) is 18.8. The fraction of sp³-hybridized carbons (Fsp3) is 0.286. The third-order valence-corrected chi connectivity index (χ3v) is 4.79. The lowest BCUT2D eigenvalue weighted by atomic mass is 10.2. The summed E-state index contributed by atoms with van der Waals surface area (Å²) in [6.45, 7) is 5.50. The van der Waals surface area contributed by atoms with E-state index in [-0.39, 0.29) is 5.91 Å². The van der Waals surface area contributed by atoms with Crippen LogP contribution in [-0.2, 0) is 6.54 Å². The number of piperazine rings is 1. The highest BCUT2D eigenvalue weighted by molar-refractivity contribution is 5.92. The van der Waals surface area contributed by atoms with Gasteiger partial charge in [-0.1, -0.05) is 12.1 Å². The van der Waals surface area contributed by atoms with E-state index in [0.29, 0.717) is 18.2 Å². The number of carbonyl (C=O) groups excluding carboxylic acids is 1. The molecule has 0 atom stereocenters. The molecule has 1 aliphatic heterocycles. The lowest BCUT2D eigenvalue weighted by Gasteiger charge is -2.35. The third kappa shape index (κ3) is 4.66. The molecule has 0 aliphatic carbocycles. The van der Waals surface area contributed by atoms with Crippen LogP contribution in [0.4, 0.5) is 11.8 Å². The van der Waals surface area contributed by atoms with E-state index in [4.69, 9.17) is 0 Å². The van der Waals surface area contributed by atoms with Crippen molar-refractivity contribution >= 4 is 17.7 Å². The average molecular weight is 389 g/mol. The zero-order valence-electron chi connectivity index (χ0n) is 16.3. The normalized spacial score (nSPS) is 14.0. The molecule has 4 heterocycles. The maximum absolute atomic E-state index is 12.6. The molecule has 8 nitrogen and oxygen atoms in total. The number of aryl methyl sites for hydroxylation is 1. The molecule has 0 radical (unpaired) electrons. The Bertz CT molecular complexity index is 957. The zero-order chi connectivity index (χ0) is 20.1. The summed E-state index contributed by atoms with van der Waals surface area (Å²) < 4.78 is 0. The molecule has 0 spiro atoms. The summed E-state index contributed by atoms with van der Waals surface area (Å²) in [5.74, 6) is 1.36. The van der Waals surface area contributed by atoms with Crippen LogP contribution in [0, 0.1) is 6.92 Å². The van der Waals surface area contributed by atoms with Crippen molar-refractivity contribution in [1.82, 2.24) is 25.3 Å². The van der Waals surface area contributed by atoms with Crippen molar-refractivity contribution in [3.05, 3.63) is 71.9 Å². The molecule has 0 bridgehead atoms. The molecule has 1 saturated heterocycles. The van der Waals surface area contributed by atoms with E-state index in [1.807, 2.05) is 43.5 Å². The van der Waals surface area contributed by atoms with Gasteiger partial charge in [-0.2, -0.15) is 0 Å². The van der Waals surface area contributed by atoms with Crippen molar-refractivity contribution in [2.24, 2.45) is 0 Å². The summed E-state index contributed by atoms with van der Waals surface area (Å²) in [5, 5.41) is 2.90. The Labute approximate surface area is 169 Å². The van der Waals surface area contributed by atoms with Crippen molar-refractivity contribution in [1.29, 1.82) is 0 Å². The lowest BCUT2D eigenvalue weighted by molar-refractivity contribution is 0.0945. The quantitative estimate of drug-likeness (QED) is 0.712. The standard InChI is InChI=1S/C21H23N7O/c1-16-13-18(20(29)24-15-17-5-4-7-22-14-17)26-21(25-16)28-11-9-27(10-12-28)19-6-2-3-8-23-19/h2-8,13-14H,9-12,15H2,1H3,(H,24,29). The van der Waals surface area contributed by atoms with Gasteiger partial charge in [-0.3, -0.25) is 9.78 Å². The largest absolute Gasteiger partial charge is 0.353 e. The van der Waals surface area contributed by atoms with E-state index in [9.17, 15) is 4.79 Å².